The van der Waals surface area contributed by atoms with E-state index in [9.17, 15) is 0 Å². The summed E-state index contributed by atoms with van der Waals surface area (Å²) in [5.74, 6) is 0. The molecule has 0 atom stereocenters. The zero-order valence-electron chi connectivity index (χ0n) is 13.4. The standard InChI is InChI=1S/C18H29N3/c1-21(14-16-6-2-5-13-20-16)18(15-19)11-9-17(10-12-18)7-3-4-8-17/h2,5-6,13H,3-4,7-12,14-15,19H2,1H3. The fourth-order valence-electron chi connectivity index (χ4n) is 4.51. The molecule has 1 aromatic heterocycles. The van der Waals surface area contributed by atoms with E-state index >= 15 is 0 Å². The highest BCUT2D eigenvalue weighted by Gasteiger charge is 2.45. The SMILES string of the molecule is CN(Cc1ccccn1)C1(CN)CCC2(CCCC2)CC1. The molecule has 1 aromatic rings. The molecule has 1 spiro atoms. The molecule has 0 saturated heterocycles. The molecular formula is C18H29N3. The fraction of sp³-hybridized carbons (Fsp3) is 0.722. The fourth-order valence-corrected chi connectivity index (χ4v) is 4.51. The van der Waals surface area contributed by atoms with Gasteiger partial charge < -0.3 is 5.73 Å². The van der Waals surface area contributed by atoms with Crippen LogP contribution in [0.5, 0.6) is 0 Å². The van der Waals surface area contributed by atoms with Crippen molar-refractivity contribution in [1.29, 1.82) is 0 Å². The van der Waals surface area contributed by atoms with Gasteiger partial charge in [0.2, 0.25) is 0 Å². The van der Waals surface area contributed by atoms with Gasteiger partial charge in [0.05, 0.1) is 5.69 Å². The predicted molar refractivity (Wildman–Crippen MR) is 86.9 cm³/mol. The highest BCUT2D eigenvalue weighted by Crippen LogP contribution is 2.52. The summed E-state index contributed by atoms with van der Waals surface area (Å²) in [6.07, 6.45) is 12.9. The van der Waals surface area contributed by atoms with Crippen molar-refractivity contribution < 1.29 is 0 Å². The van der Waals surface area contributed by atoms with Gasteiger partial charge in [-0.1, -0.05) is 18.9 Å². The van der Waals surface area contributed by atoms with E-state index in [2.05, 4.69) is 29.1 Å². The zero-order chi connectivity index (χ0) is 14.8. The Morgan fingerprint density at radius 1 is 1.10 bits per heavy atom. The average molecular weight is 287 g/mol. The van der Waals surface area contributed by atoms with Gasteiger partial charge in [-0.05, 0) is 63.1 Å². The van der Waals surface area contributed by atoms with Crippen LogP contribution in [0.2, 0.25) is 0 Å². The lowest BCUT2D eigenvalue weighted by atomic mass is 9.66. The first-order chi connectivity index (χ1) is 10.2. The number of aromatic nitrogens is 1. The molecule has 3 rings (SSSR count). The Bertz CT molecular complexity index is 441. The number of hydrogen-bond donors (Lipinski definition) is 1. The van der Waals surface area contributed by atoms with Crippen molar-refractivity contribution in [2.75, 3.05) is 13.6 Å². The third kappa shape index (κ3) is 3.00. The number of hydrogen-bond acceptors (Lipinski definition) is 3. The van der Waals surface area contributed by atoms with E-state index in [1.54, 1.807) is 0 Å². The minimum Gasteiger partial charge on any atom is -0.329 e. The molecule has 3 nitrogen and oxygen atoms in total. The smallest absolute Gasteiger partial charge is 0.0544 e. The predicted octanol–water partition coefficient (Wildman–Crippen LogP) is 3.35. The summed E-state index contributed by atoms with van der Waals surface area (Å²) in [6, 6.07) is 6.16. The lowest BCUT2D eigenvalue weighted by molar-refractivity contribution is 0.0251. The van der Waals surface area contributed by atoms with Gasteiger partial charge in [-0.15, -0.1) is 0 Å². The van der Waals surface area contributed by atoms with Crippen LogP contribution in [-0.2, 0) is 6.54 Å². The van der Waals surface area contributed by atoms with Crippen LogP contribution in [0, 0.1) is 5.41 Å². The average Bonchev–Trinajstić information content (AvgIpc) is 2.98. The monoisotopic (exact) mass is 287 g/mol. The highest BCUT2D eigenvalue weighted by atomic mass is 15.2. The van der Waals surface area contributed by atoms with Gasteiger partial charge in [0, 0.05) is 24.8 Å². The Balaban J connectivity index is 1.66. The highest BCUT2D eigenvalue weighted by molar-refractivity contribution is 5.06. The molecule has 1 heterocycles. The van der Waals surface area contributed by atoms with Crippen molar-refractivity contribution in [2.24, 2.45) is 11.1 Å². The van der Waals surface area contributed by atoms with Crippen molar-refractivity contribution in [3.05, 3.63) is 30.1 Å². The van der Waals surface area contributed by atoms with E-state index in [1.807, 2.05) is 12.3 Å². The number of likely N-dealkylation sites (N-methyl/N-ethyl adjacent to an activating group) is 1. The normalized spacial score (nSPS) is 23.8. The van der Waals surface area contributed by atoms with Gasteiger partial charge in [0.1, 0.15) is 0 Å². The Hall–Kier alpha value is -0.930. The zero-order valence-corrected chi connectivity index (χ0v) is 13.4. The first kappa shape index (κ1) is 15.0. The van der Waals surface area contributed by atoms with E-state index in [1.165, 1.54) is 51.4 Å². The first-order valence-corrected chi connectivity index (χ1v) is 8.49. The molecule has 2 N–H and O–H groups in total. The van der Waals surface area contributed by atoms with Gasteiger partial charge in [-0.2, -0.15) is 0 Å². The van der Waals surface area contributed by atoms with Gasteiger partial charge >= 0.3 is 0 Å². The van der Waals surface area contributed by atoms with Gasteiger partial charge in [0.25, 0.3) is 0 Å². The molecule has 0 bridgehead atoms. The van der Waals surface area contributed by atoms with Crippen LogP contribution < -0.4 is 5.73 Å². The second kappa shape index (κ2) is 6.05. The molecule has 0 aromatic carbocycles. The Morgan fingerprint density at radius 2 is 1.81 bits per heavy atom. The molecule has 21 heavy (non-hydrogen) atoms. The molecule has 0 aliphatic heterocycles. The van der Waals surface area contributed by atoms with E-state index in [-0.39, 0.29) is 5.54 Å². The summed E-state index contributed by atoms with van der Waals surface area (Å²) in [4.78, 5) is 6.94. The topological polar surface area (TPSA) is 42.2 Å². The van der Waals surface area contributed by atoms with Gasteiger partial charge in [0.15, 0.2) is 0 Å². The third-order valence-electron chi connectivity index (χ3n) is 6.22. The van der Waals surface area contributed by atoms with Crippen LogP contribution in [-0.4, -0.2) is 29.0 Å². The summed E-state index contributed by atoms with van der Waals surface area (Å²) in [6.45, 7) is 1.68. The van der Waals surface area contributed by atoms with Crippen molar-refractivity contribution >= 4 is 0 Å². The quantitative estimate of drug-likeness (QED) is 0.923. The van der Waals surface area contributed by atoms with E-state index in [4.69, 9.17) is 5.73 Å². The van der Waals surface area contributed by atoms with Crippen LogP contribution >= 0.6 is 0 Å². The van der Waals surface area contributed by atoms with Crippen LogP contribution in [0.1, 0.15) is 57.1 Å². The number of pyridine rings is 1. The van der Waals surface area contributed by atoms with E-state index in [0.717, 1.165) is 18.8 Å². The summed E-state index contributed by atoms with van der Waals surface area (Å²) < 4.78 is 0. The summed E-state index contributed by atoms with van der Waals surface area (Å²) in [5.41, 5.74) is 8.22. The number of nitrogens with zero attached hydrogens (tertiary/aromatic N) is 2. The molecule has 0 amide bonds. The second-order valence-electron chi connectivity index (χ2n) is 7.31. The van der Waals surface area contributed by atoms with Crippen LogP contribution in [0.4, 0.5) is 0 Å². The van der Waals surface area contributed by atoms with Crippen molar-refractivity contribution in [3.63, 3.8) is 0 Å². The Morgan fingerprint density at radius 3 is 2.38 bits per heavy atom. The van der Waals surface area contributed by atoms with Crippen LogP contribution in [0.15, 0.2) is 24.4 Å². The third-order valence-corrected chi connectivity index (χ3v) is 6.22. The Kier molecular flexibility index (Phi) is 4.32. The van der Waals surface area contributed by atoms with E-state index < -0.39 is 0 Å². The van der Waals surface area contributed by atoms with Gasteiger partial charge in [-0.3, -0.25) is 9.88 Å². The largest absolute Gasteiger partial charge is 0.329 e. The maximum Gasteiger partial charge on any atom is 0.0544 e. The molecule has 2 aliphatic rings. The molecule has 2 saturated carbocycles. The summed E-state index contributed by atoms with van der Waals surface area (Å²) in [5, 5.41) is 0. The van der Waals surface area contributed by atoms with Crippen LogP contribution in [0.3, 0.4) is 0 Å². The molecular weight excluding hydrogens is 258 g/mol. The van der Waals surface area contributed by atoms with Crippen molar-refractivity contribution in [2.45, 2.75) is 63.5 Å². The maximum absolute atomic E-state index is 6.22. The van der Waals surface area contributed by atoms with Crippen LogP contribution in [0.25, 0.3) is 0 Å². The molecule has 116 valence electrons. The maximum atomic E-state index is 6.22. The molecule has 0 unspecified atom stereocenters. The molecule has 0 radical (unpaired) electrons. The van der Waals surface area contributed by atoms with E-state index in [0.29, 0.717) is 5.41 Å². The minimum absolute atomic E-state index is 0.186. The molecule has 2 aliphatic carbocycles. The summed E-state index contributed by atoms with van der Waals surface area (Å²) in [7, 11) is 2.23. The van der Waals surface area contributed by atoms with Gasteiger partial charge in [-0.25, -0.2) is 0 Å². The number of rotatable bonds is 4. The van der Waals surface area contributed by atoms with Crippen molar-refractivity contribution in [1.82, 2.24) is 9.88 Å². The minimum atomic E-state index is 0.186. The molecule has 3 heteroatoms. The lowest BCUT2D eigenvalue weighted by Crippen LogP contribution is -2.55. The second-order valence-corrected chi connectivity index (χ2v) is 7.31. The Labute approximate surface area is 128 Å². The number of nitrogens with two attached hydrogens (primary N) is 1. The van der Waals surface area contributed by atoms with Crippen molar-refractivity contribution in [3.8, 4) is 0 Å². The first-order valence-electron chi connectivity index (χ1n) is 8.49. The lowest BCUT2D eigenvalue weighted by Gasteiger charge is -2.49. The summed E-state index contributed by atoms with van der Waals surface area (Å²) >= 11 is 0. The molecule has 2 fully saturated rings.